The lowest BCUT2D eigenvalue weighted by molar-refractivity contribution is -0.125. The van der Waals surface area contributed by atoms with E-state index in [0.717, 1.165) is 6.42 Å². The molecule has 102 valence electrons. The van der Waals surface area contributed by atoms with Crippen molar-refractivity contribution in [1.82, 2.24) is 4.90 Å². The van der Waals surface area contributed by atoms with E-state index in [0.29, 0.717) is 30.6 Å². The van der Waals surface area contributed by atoms with Crippen molar-refractivity contribution in [2.24, 2.45) is 5.92 Å². The van der Waals surface area contributed by atoms with Crippen LogP contribution in [0.1, 0.15) is 35.7 Å². The number of phenols is 1. The number of carbonyl (C=O) groups is 2. The lowest BCUT2D eigenvalue weighted by Gasteiger charge is -2.31. The van der Waals surface area contributed by atoms with Gasteiger partial charge < -0.3 is 10.0 Å². The number of benzene rings is 1. The van der Waals surface area contributed by atoms with Gasteiger partial charge in [-0.2, -0.15) is 0 Å². The van der Waals surface area contributed by atoms with Gasteiger partial charge in [0.2, 0.25) is 0 Å². The first-order valence-electron chi connectivity index (χ1n) is 6.65. The van der Waals surface area contributed by atoms with Crippen molar-refractivity contribution in [1.29, 1.82) is 0 Å². The molecule has 1 unspecified atom stereocenters. The zero-order chi connectivity index (χ0) is 14.0. The van der Waals surface area contributed by atoms with Gasteiger partial charge in [-0.25, -0.2) is 0 Å². The number of piperidine rings is 1. The van der Waals surface area contributed by atoms with Crippen LogP contribution >= 0.6 is 0 Å². The van der Waals surface area contributed by atoms with E-state index in [9.17, 15) is 14.7 Å². The zero-order valence-electron chi connectivity index (χ0n) is 11.3. The van der Waals surface area contributed by atoms with Gasteiger partial charge in [-0.3, -0.25) is 9.59 Å². The van der Waals surface area contributed by atoms with E-state index in [1.54, 1.807) is 30.0 Å². The van der Waals surface area contributed by atoms with Crippen LogP contribution < -0.4 is 0 Å². The average Bonchev–Trinajstić information content (AvgIpc) is 2.41. The SMILES string of the molecule is CCC1CN(C(=O)c2cccc(C)c2O)CCC1=O. The van der Waals surface area contributed by atoms with Crippen LogP contribution in [0.3, 0.4) is 0 Å². The zero-order valence-corrected chi connectivity index (χ0v) is 11.3. The first-order valence-corrected chi connectivity index (χ1v) is 6.65. The summed E-state index contributed by atoms with van der Waals surface area (Å²) in [5.74, 6) is 0.0225. The van der Waals surface area contributed by atoms with E-state index in [1.807, 2.05) is 6.92 Å². The predicted octanol–water partition coefficient (Wildman–Crippen LogP) is 2.14. The molecule has 1 saturated heterocycles. The molecule has 1 fully saturated rings. The Morgan fingerprint density at radius 2 is 2.21 bits per heavy atom. The fourth-order valence-electron chi connectivity index (χ4n) is 2.45. The van der Waals surface area contributed by atoms with Crippen LogP contribution in [0.25, 0.3) is 0 Å². The number of likely N-dealkylation sites (tertiary alicyclic amines) is 1. The van der Waals surface area contributed by atoms with E-state index in [1.165, 1.54) is 0 Å². The van der Waals surface area contributed by atoms with Crippen LogP contribution in [-0.4, -0.2) is 34.8 Å². The molecule has 0 radical (unpaired) electrons. The molecule has 1 N–H and O–H groups in total. The molecule has 4 heteroatoms. The molecule has 0 spiro atoms. The second-order valence-electron chi connectivity index (χ2n) is 5.04. The third-order valence-corrected chi connectivity index (χ3v) is 3.77. The smallest absolute Gasteiger partial charge is 0.257 e. The van der Waals surface area contributed by atoms with Gasteiger partial charge in [0, 0.05) is 25.4 Å². The highest BCUT2D eigenvalue weighted by Crippen LogP contribution is 2.25. The highest BCUT2D eigenvalue weighted by molar-refractivity contribution is 5.98. The van der Waals surface area contributed by atoms with Crippen LogP contribution in [0.5, 0.6) is 5.75 Å². The quantitative estimate of drug-likeness (QED) is 0.887. The normalized spacial score (nSPS) is 19.6. The molecule has 4 nitrogen and oxygen atoms in total. The number of aromatic hydroxyl groups is 1. The summed E-state index contributed by atoms with van der Waals surface area (Å²) in [5, 5.41) is 9.96. The van der Waals surface area contributed by atoms with Crippen LogP contribution in [0.15, 0.2) is 18.2 Å². The van der Waals surface area contributed by atoms with Gasteiger partial charge in [0.1, 0.15) is 11.5 Å². The fourth-order valence-corrected chi connectivity index (χ4v) is 2.45. The second-order valence-corrected chi connectivity index (χ2v) is 5.04. The van der Waals surface area contributed by atoms with Gasteiger partial charge in [0.25, 0.3) is 5.91 Å². The maximum Gasteiger partial charge on any atom is 0.257 e. The Balaban J connectivity index is 2.20. The maximum absolute atomic E-state index is 12.4. The third-order valence-electron chi connectivity index (χ3n) is 3.77. The molecular formula is C15H19NO3. The van der Waals surface area contributed by atoms with Gasteiger partial charge in [0.05, 0.1) is 5.56 Å². The highest BCUT2D eigenvalue weighted by Gasteiger charge is 2.30. The molecule has 1 aromatic carbocycles. The largest absolute Gasteiger partial charge is 0.507 e. The molecular weight excluding hydrogens is 242 g/mol. The topological polar surface area (TPSA) is 57.6 Å². The maximum atomic E-state index is 12.4. The lowest BCUT2D eigenvalue weighted by atomic mass is 9.93. The number of ketones is 1. The summed E-state index contributed by atoms with van der Waals surface area (Å²) in [6, 6.07) is 5.15. The summed E-state index contributed by atoms with van der Waals surface area (Å²) >= 11 is 0. The summed E-state index contributed by atoms with van der Waals surface area (Å²) < 4.78 is 0. The van der Waals surface area contributed by atoms with Crippen molar-refractivity contribution in [3.8, 4) is 5.75 Å². The van der Waals surface area contributed by atoms with Gasteiger partial charge in [-0.15, -0.1) is 0 Å². The molecule has 1 atom stereocenters. The summed E-state index contributed by atoms with van der Waals surface area (Å²) in [7, 11) is 0. The molecule has 1 heterocycles. The number of amides is 1. The van der Waals surface area contributed by atoms with E-state index < -0.39 is 0 Å². The Morgan fingerprint density at radius 3 is 2.89 bits per heavy atom. The Hall–Kier alpha value is -1.84. The molecule has 0 aromatic heterocycles. The monoisotopic (exact) mass is 261 g/mol. The minimum absolute atomic E-state index is 0.0393. The number of hydrogen-bond acceptors (Lipinski definition) is 3. The number of para-hydroxylation sites is 1. The van der Waals surface area contributed by atoms with E-state index in [-0.39, 0.29) is 23.4 Å². The first-order chi connectivity index (χ1) is 9.04. The van der Waals surface area contributed by atoms with E-state index >= 15 is 0 Å². The number of hydrogen-bond donors (Lipinski definition) is 1. The fraction of sp³-hybridized carbons (Fsp3) is 0.467. The van der Waals surface area contributed by atoms with Crippen molar-refractivity contribution in [2.75, 3.05) is 13.1 Å². The van der Waals surface area contributed by atoms with E-state index in [2.05, 4.69) is 0 Å². The summed E-state index contributed by atoms with van der Waals surface area (Å²) in [5.41, 5.74) is 1.01. The number of carbonyl (C=O) groups excluding carboxylic acids is 2. The summed E-state index contributed by atoms with van der Waals surface area (Å²) in [6.07, 6.45) is 1.17. The Morgan fingerprint density at radius 1 is 1.47 bits per heavy atom. The number of rotatable bonds is 2. The standard InChI is InChI=1S/C15H19NO3/c1-3-11-9-16(8-7-13(11)17)15(19)12-6-4-5-10(2)14(12)18/h4-6,11,18H,3,7-9H2,1-2H3. The minimum Gasteiger partial charge on any atom is -0.507 e. The Labute approximate surface area is 113 Å². The van der Waals surface area contributed by atoms with Crippen LogP contribution in [0.4, 0.5) is 0 Å². The van der Waals surface area contributed by atoms with Crippen molar-refractivity contribution < 1.29 is 14.7 Å². The van der Waals surface area contributed by atoms with Crippen molar-refractivity contribution in [2.45, 2.75) is 26.7 Å². The number of aryl methyl sites for hydroxylation is 1. The van der Waals surface area contributed by atoms with Crippen LogP contribution in [-0.2, 0) is 4.79 Å². The van der Waals surface area contributed by atoms with Gasteiger partial charge in [0.15, 0.2) is 0 Å². The predicted molar refractivity (Wildman–Crippen MR) is 72.2 cm³/mol. The molecule has 1 amide bonds. The molecule has 1 aliphatic heterocycles. The number of phenolic OH excluding ortho intramolecular Hbond substituents is 1. The molecule has 1 aliphatic rings. The first kappa shape index (κ1) is 13.6. The van der Waals surface area contributed by atoms with Crippen molar-refractivity contribution in [3.05, 3.63) is 29.3 Å². The average molecular weight is 261 g/mol. The van der Waals surface area contributed by atoms with E-state index in [4.69, 9.17) is 0 Å². The van der Waals surface area contributed by atoms with Crippen LogP contribution in [0.2, 0.25) is 0 Å². The molecule has 0 bridgehead atoms. The van der Waals surface area contributed by atoms with Crippen molar-refractivity contribution >= 4 is 11.7 Å². The summed E-state index contributed by atoms with van der Waals surface area (Å²) in [6.45, 7) is 4.63. The van der Waals surface area contributed by atoms with Gasteiger partial charge in [-0.05, 0) is 25.0 Å². The lowest BCUT2D eigenvalue weighted by Crippen LogP contribution is -2.43. The molecule has 0 saturated carbocycles. The number of Topliss-reactive ketones (excluding diaryl/α,β-unsaturated/α-hetero) is 1. The number of nitrogens with zero attached hydrogens (tertiary/aromatic N) is 1. The Bertz CT molecular complexity index is 510. The van der Waals surface area contributed by atoms with Gasteiger partial charge in [-0.1, -0.05) is 19.1 Å². The molecule has 1 aromatic rings. The van der Waals surface area contributed by atoms with Gasteiger partial charge >= 0.3 is 0 Å². The molecule has 0 aliphatic carbocycles. The van der Waals surface area contributed by atoms with Crippen LogP contribution in [0, 0.1) is 12.8 Å². The van der Waals surface area contributed by atoms with Crippen molar-refractivity contribution in [3.63, 3.8) is 0 Å². The summed E-state index contributed by atoms with van der Waals surface area (Å²) in [4.78, 5) is 25.7. The highest BCUT2D eigenvalue weighted by atomic mass is 16.3. The third kappa shape index (κ3) is 2.62. The second kappa shape index (κ2) is 5.43. The Kier molecular flexibility index (Phi) is 3.88. The molecule has 19 heavy (non-hydrogen) atoms. The molecule has 2 rings (SSSR count). The minimum atomic E-state index is -0.188.